The molecule has 0 amide bonds. The number of hydrogen-bond donors (Lipinski definition) is 2. The Morgan fingerprint density at radius 1 is 1.25 bits per heavy atom. The first-order valence-electron chi connectivity index (χ1n) is 7.99. The fraction of sp³-hybridized carbons (Fsp3) is 0.316. The van der Waals surface area contributed by atoms with Crippen molar-refractivity contribution >= 4 is 28.3 Å². The highest BCUT2D eigenvalue weighted by molar-refractivity contribution is 14.1. The van der Waals surface area contributed by atoms with Crippen molar-refractivity contribution in [3.05, 3.63) is 51.1 Å². The maximum Gasteiger partial charge on any atom is 0.101 e. The van der Waals surface area contributed by atoms with Gasteiger partial charge in [0.1, 0.15) is 6.07 Å². The summed E-state index contributed by atoms with van der Waals surface area (Å²) in [5.74, 6) is 0.345. The van der Waals surface area contributed by atoms with Gasteiger partial charge in [-0.3, -0.25) is 0 Å². The predicted octanol–water partition coefficient (Wildman–Crippen LogP) is 3.03. The van der Waals surface area contributed by atoms with E-state index in [9.17, 15) is 5.26 Å². The van der Waals surface area contributed by atoms with Crippen LogP contribution in [0.4, 0.5) is 5.69 Å². The molecule has 1 fully saturated rings. The van der Waals surface area contributed by atoms with Crippen LogP contribution < -0.4 is 11.1 Å². The molecule has 1 unspecified atom stereocenters. The lowest BCUT2D eigenvalue weighted by Crippen LogP contribution is -2.34. The second-order valence-corrected chi connectivity index (χ2v) is 7.47. The second-order valence-electron chi connectivity index (χ2n) is 6.39. The highest BCUT2D eigenvalue weighted by atomic mass is 127. The number of nitrogen functional groups attached to an aromatic ring is 1. The summed E-state index contributed by atoms with van der Waals surface area (Å²) in [6.45, 7) is 1.88. The van der Waals surface area contributed by atoms with Gasteiger partial charge in [0.05, 0.1) is 11.3 Å². The molecule has 1 aliphatic heterocycles. The lowest BCUT2D eigenvalue weighted by Gasteiger charge is -2.29. The molecule has 2 aromatic rings. The third kappa shape index (κ3) is 3.02. The molecule has 3 N–H and O–H groups in total. The Hall–Kier alpha value is -1.62. The van der Waals surface area contributed by atoms with Crippen molar-refractivity contribution in [2.45, 2.75) is 12.0 Å². The van der Waals surface area contributed by atoms with Gasteiger partial charge in [0, 0.05) is 28.6 Å². The highest BCUT2D eigenvalue weighted by Crippen LogP contribution is 2.40. The highest BCUT2D eigenvalue weighted by Gasteiger charge is 2.34. The Morgan fingerprint density at radius 2 is 1.96 bits per heavy atom. The van der Waals surface area contributed by atoms with E-state index in [1.54, 1.807) is 0 Å². The van der Waals surface area contributed by atoms with E-state index in [1.165, 1.54) is 5.56 Å². The summed E-state index contributed by atoms with van der Waals surface area (Å²) in [6.07, 6.45) is 0. The van der Waals surface area contributed by atoms with Crippen LogP contribution in [-0.2, 0) is 0 Å². The van der Waals surface area contributed by atoms with Crippen molar-refractivity contribution in [2.24, 2.45) is 0 Å². The van der Waals surface area contributed by atoms with Gasteiger partial charge in [-0.2, -0.15) is 5.26 Å². The van der Waals surface area contributed by atoms with Crippen LogP contribution in [0.1, 0.15) is 17.0 Å². The van der Waals surface area contributed by atoms with Crippen LogP contribution in [0.25, 0.3) is 11.1 Å². The minimum atomic E-state index is 0.345. The summed E-state index contributed by atoms with van der Waals surface area (Å²) in [6, 6.07) is 14.9. The lowest BCUT2D eigenvalue weighted by molar-refractivity contribution is 0.291. The van der Waals surface area contributed by atoms with Crippen molar-refractivity contribution < 1.29 is 0 Å². The minimum Gasteiger partial charge on any atom is -0.397 e. The first kappa shape index (κ1) is 17.2. The third-order valence-corrected chi connectivity index (χ3v) is 5.93. The number of nitrogens with two attached hydrogens (primary N) is 1. The number of nitriles is 1. The largest absolute Gasteiger partial charge is 0.397 e. The smallest absolute Gasteiger partial charge is 0.101 e. The standard InChI is InChI=1S/C19H21IN4/c1-24(2)16-11-23-10-15(16)17-14(12-6-4-3-5-7-12)8-13(9-21)19(22)18(17)20/h3-8,15-16,23H,10-11,22H2,1-2H3/t15?,16-/m1/s1. The number of anilines is 1. The summed E-state index contributed by atoms with van der Waals surface area (Å²) in [5, 5.41) is 13.0. The van der Waals surface area contributed by atoms with Gasteiger partial charge in [0.2, 0.25) is 0 Å². The molecule has 1 saturated heterocycles. The van der Waals surface area contributed by atoms with Crippen LogP contribution in [-0.4, -0.2) is 38.1 Å². The zero-order chi connectivity index (χ0) is 17.3. The van der Waals surface area contributed by atoms with E-state index in [2.05, 4.69) is 65.1 Å². The Labute approximate surface area is 156 Å². The van der Waals surface area contributed by atoms with Crippen molar-refractivity contribution in [1.29, 1.82) is 5.26 Å². The van der Waals surface area contributed by atoms with Crippen molar-refractivity contribution in [1.82, 2.24) is 10.2 Å². The van der Waals surface area contributed by atoms with Crippen LogP contribution in [0.2, 0.25) is 0 Å². The maximum absolute atomic E-state index is 9.46. The number of nitrogens with one attached hydrogen (secondary N) is 1. The Bertz CT molecular complexity index is 780. The molecular formula is C19H21IN4. The zero-order valence-corrected chi connectivity index (χ0v) is 16.0. The van der Waals surface area contributed by atoms with E-state index in [0.29, 0.717) is 23.2 Å². The number of benzene rings is 2. The van der Waals surface area contributed by atoms with E-state index < -0.39 is 0 Å². The molecule has 1 heterocycles. The minimum absolute atomic E-state index is 0.345. The van der Waals surface area contributed by atoms with Crippen LogP contribution in [0, 0.1) is 14.9 Å². The SMILES string of the molecule is CN(C)[C@@H]1CNCC1c1c(-c2ccccc2)cc(C#N)c(N)c1I. The average Bonchev–Trinajstić information content (AvgIpc) is 3.07. The third-order valence-electron chi connectivity index (χ3n) is 4.76. The predicted molar refractivity (Wildman–Crippen MR) is 107 cm³/mol. The average molecular weight is 432 g/mol. The number of halogens is 1. The molecule has 3 rings (SSSR count). The molecule has 0 spiro atoms. The molecule has 124 valence electrons. The van der Waals surface area contributed by atoms with Gasteiger partial charge >= 0.3 is 0 Å². The van der Waals surface area contributed by atoms with Gasteiger partial charge in [-0.1, -0.05) is 30.3 Å². The fourth-order valence-electron chi connectivity index (χ4n) is 3.49. The van der Waals surface area contributed by atoms with E-state index in [4.69, 9.17) is 5.73 Å². The van der Waals surface area contributed by atoms with Crippen LogP contribution in [0.5, 0.6) is 0 Å². The van der Waals surface area contributed by atoms with E-state index >= 15 is 0 Å². The molecule has 0 aliphatic carbocycles. The Morgan fingerprint density at radius 3 is 2.58 bits per heavy atom. The van der Waals surface area contributed by atoms with Gasteiger partial charge in [0.15, 0.2) is 0 Å². The fourth-order valence-corrected chi connectivity index (χ4v) is 4.48. The second kappa shape index (κ2) is 7.09. The molecule has 4 nitrogen and oxygen atoms in total. The molecular weight excluding hydrogens is 411 g/mol. The van der Waals surface area contributed by atoms with Crippen LogP contribution >= 0.6 is 22.6 Å². The summed E-state index contributed by atoms with van der Waals surface area (Å²) < 4.78 is 1.01. The number of likely N-dealkylation sites (N-methyl/N-ethyl adjacent to an activating group) is 1. The quantitative estimate of drug-likeness (QED) is 0.578. The molecule has 2 atom stereocenters. The van der Waals surface area contributed by atoms with Crippen molar-refractivity contribution in [3.63, 3.8) is 0 Å². The van der Waals surface area contributed by atoms with Crippen molar-refractivity contribution in [3.8, 4) is 17.2 Å². The van der Waals surface area contributed by atoms with Gasteiger partial charge in [-0.25, -0.2) is 0 Å². The van der Waals surface area contributed by atoms with E-state index in [0.717, 1.165) is 27.8 Å². The maximum atomic E-state index is 9.46. The first-order chi connectivity index (χ1) is 11.5. The summed E-state index contributed by atoms with van der Waals surface area (Å²) in [7, 11) is 4.24. The summed E-state index contributed by atoms with van der Waals surface area (Å²) >= 11 is 2.31. The molecule has 5 heteroatoms. The molecule has 0 radical (unpaired) electrons. The molecule has 2 aromatic carbocycles. The zero-order valence-electron chi connectivity index (χ0n) is 13.9. The van der Waals surface area contributed by atoms with E-state index in [-0.39, 0.29) is 0 Å². The van der Waals surface area contributed by atoms with Crippen molar-refractivity contribution in [2.75, 3.05) is 32.9 Å². The topological polar surface area (TPSA) is 65.1 Å². The first-order valence-corrected chi connectivity index (χ1v) is 9.07. The lowest BCUT2D eigenvalue weighted by atomic mass is 9.85. The number of hydrogen-bond acceptors (Lipinski definition) is 4. The molecule has 0 bridgehead atoms. The van der Waals surface area contributed by atoms with Gasteiger partial charge in [-0.15, -0.1) is 0 Å². The number of nitrogens with zero attached hydrogens (tertiary/aromatic N) is 2. The van der Waals surface area contributed by atoms with Crippen LogP contribution in [0.3, 0.4) is 0 Å². The van der Waals surface area contributed by atoms with Gasteiger partial charge in [-0.05, 0) is 59.4 Å². The normalized spacial score (nSPS) is 20.3. The van der Waals surface area contributed by atoms with Gasteiger partial charge < -0.3 is 16.0 Å². The Balaban J connectivity index is 2.24. The molecule has 1 aliphatic rings. The van der Waals surface area contributed by atoms with E-state index in [1.807, 2.05) is 24.3 Å². The number of rotatable bonds is 3. The van der Waals surface area contributed by atoms with Gasteiger partial charge in [0.25, 0.3) is 0 Å². The Kier molecular flexibility index (Phi) is 5.09. The monoisotopic (exact) mass is 432 g/mol. The summed E-state index contributed by atoms with van der Waals surface area (Å²) in [5.41, 5.74) is 10.9. The summed E-state index contributed by atoms with van der Waals surface area (Å²) in [4.78, 5) is 2.27. The molecule has 0 saturated carbocycles. The molecule has 0 aromatic heterocycles. The van der Waals surface area contributed by atoms with Crippen LogP contribution in [0.15, 0.2) is 36.4 Å². The molecule has 24 heavy (non-hydrogen) atoms.